The number of fused-ring (bicyclic) bond motifs is 1. The molecule has 7 amide bonds. The summed E-state index contributed by atoms with van der Waals surface area (Å²) in [5, 5.41) is 24.9. The fourth-order valence-electron chi connectivity index (χ4n) is 4.86. The second kappa shape index (κ2) is 28.6. The van der Waals surface area contributed by atoms with Gasteiger partial charge in [-0.25, -0.2) is 10.6 Å². The zero-order valence-corrected chi connectivity index (χ0v) is 32.1. The average Bonchev–Trinajstić information content (AvgIpc) is 3.62. The Kier molecular flexibility index (Phi) is 23.9. The van der Waals surface area contributed by atoms with Crippen LogP contribution in [0.3, 0.4) is 0 Å². The maximum atomic E-state index is 13.5. The lowest BCUT2D eigenvalue weighted by atomic mass is 10.0. The molecule has 0 saturated carbocycles. The molecule has 58 heavy (non-hydrogen) atoms. The number of amides is 7. The number of carboxylic acids is 1. The van der Waals surface area contributed by atoms with Crippen LogP contribution in [0.15, 0.2) is 30.5 Å². The molecule has 0 aliphatic heterocycles. The van der Waals surface area contributed by atoms with Crippen LogP contribution in [0.2, 0.25) is 0 Å². The van der Waals surface area contributed by atoms with Crippen LogP contribution in [0.4, 0.5) is 0 Å². The number of ether oxygens (including phenoxy) is 4. The number of carboxylic acid groups (broad SMARTS) is 1. The number of nitrogens with two attached hydrogens (primary N) is 2. The van der Waals surface area contributed by atoms with Gasteiger partial charge in [-0.1, -0.05) is 18.2 Å². The lowest BCUT2D eigenvalue weighted by Gasteiger charge is -2.21. The van der Waals surface area contributed by atoms with E-state index in [2.05, 4.69) is 36.9 Å². The summed E-state index contributed by atoms with van der Waals surface area (Å²) in [4.78, 5) is 100. The van der Waals surface area contributed by atoms with Crippen molar-refractivity contribution in [3.63, 3.8) is 0 Å². The first kappa shape index (κ1) is 48.4. The molecule has 0 bridgehead atoms. The molecule has 23 nitrogen and oxygen atoms in total. The van der Waals surface area contributed by atoms with E-state index in [0.29, 0.717) is 32.0 Å². The second-order valence-electron chi connectivity index (χ2n) is 12.3. The molecule has 2 atom stereocenters. The number of benzene rings is 1. The van der Waals surface area contributed by atoms with Crippen molar-refractivity contribution in [3.05, 3.63) is 36.0 Å². The van der Waals surface area contributed by atoms with E-state index in [4.69, 9.17) is 30.5 Å². The summed E-state index contributed by atoms with van der Waals surface area (Å²) in [5.41, 5.74) is 8.56. The number of hydrogen-bond donors (Lipinski definition) is 11. The standard InChI is InChI=1S/C35H54N10O13/c36-18-30(48)40-20-31(49)41-21-32(50)42-22-33(51)43-27(17-23-19-39-25-4-2-1-3-24(23)25)34(52)44-26(35(53)54)5-6-28(46)38-8-10-56-12-14-58-16-15-57-13-11-55-9-7-29(47)45-37/h1-4,19,26-27,39H,5-18,20-22,36-37H2,(H,38,46)(H,40,48)(H,41,49)(H,42,50)(H,43,51)(H,44,52)(H,45,47)(H,53,54)/t26?,27-/m0/s1. The van der Waals surface area contributed by atoms with Crippen molar-refractivity contribution in [1.82, 2.24) is 42.3 Å². The molecular weight excluding hydrogens is 768 g/mol. The van der Waals surface area contributed by atoms with E-state index in [9.17, 15) is 43.5 Å². The minimum absolute atomic E-state index is 0.0549. The van der Waals surface area contributed by atoms with Crippen LogP contribution in [0.25, 0.3) is 10.9 Å². The summed E-state index contributed by atoms with van der Waals surface area (Å²) in [6.07, 6.45) is 1.26. The van der Waals surface area contributed by atoms with Crippen molar-refractivity contribution >= 4 is 58.2 Å². The van der Waals surface area contributed by atoms with E-state index >= 15 is 0 Å². The quantitative estimate of drug-likeness (QED) is 0.0148. The maximum Gasteiger partial charge on any atom is 0.326 e. The Bertz CT molecular complexity index is 1640. The monoisotopic (exact) mass is 822 g/mol. The summed E-state index contributed by atoms with van der Waals surface area (Å²) in [7, 11) is 0. The van der Waals surface area contributed by atoms with Gasteiger partial charge in [0.15, 0.2) is 0 Å². The smallest absolute Gasteiger partial charge is 0.326 e. The van der Waals surface area contributed by atoms with Crippen molar-refractivity contribution in [1.29, 1.82) is 0 Å². The molecule has 1 aromatic carbocycles. The van der Waals surface area contributed by atoms with Gasteiger partial charge in [-0.05, 0) is 18.1 Å². The van der Waals surface area contributed by atoms with Crippen LogP contribution < -0.4 is 48.9 Å². The first-order chi connectivity index (χ1) is 27.9. The Labute approximate surface area is 333 Å². The molecule has 2 rings (SSSR count). The van der Waals surface area contributed by atoms with Gasteiger partial charge in [0.2, 0.25) is 41.4 Å². The molecule has 23 heteroatoms. The fraction of sp³-hybridized carbons (Fsp3) is 0.543. The third kappa shape index (κ3) is 21.0. The number of para-hydroxylation sites is 1. The lowest BCUT2D eigenvalue weighted by Crippen LogP contribution is -2.54. The minimum atomic E-state index is -1.48. The Morgan fingerprint density at radius 3 is 1.81 bits per heavy atom. The van der Waals surface area contributed by atoms with Crippen molar-refractivity contribution < 1.29 is 62.4 Å². The Morgan fingerprint density at radius 2 is 1.21 bits per heavy atom. The van der Waals surface area contributed by atoms with Gasteiger partial charge in [-0.15, -0.1) is 0 Å². The van der Waals surface area contributed by atoms with Crippen LogP contribution in [0, 0.1) is 0 Å². The van der Waals surface area contributed by atoms with Gasteiger partial charge in [0.1, 0.15) is 12.1 Å². The number of aromatic amines is 1. The summed E-state index contributed by atoms with van der Waals surface area (Å²) in [6.45, 7) is 0.627. The van der Waals surface area contributed by atoms with Crippen LogP contribution in [0.1, 0.15) is 24.8 Å². The average molecular weight is 823 g/mol. The minimum Gasteiger partial charge on any atom is -0.480 e. The molecule has 0 saturated heterocycles. The molecule has 0 radical (unpaired) electrons. The lowest BCUT2D eigenvalue weighted by molar-refractivity contribution is -0.142. The zero-order chi connectivity index (χ0) is 42.5. The predicted octanol–water partition coefficient (Wildman–Crippen LogP) is -4.59. The maximum absolute atomic E-state index is 13.5. The molecule has 1 heterocycles. The molecule has 2 aromatic rings. The van der Waals surface area contributed by atoms with Crippen molar-refractivity contribution in [2.75, 3.05) is 85.6 Å². The normalized spacial score (nSPS) is 11.8. The topological polar surface area (TPSA) is 346 Å². The first-order valence-corrected chi connectivity index (χ1v) is 18.4. The number of H-pyrrole nitrogens is 1. The molecule has 0 spiro atoms. The van der Waals surface area contributed by atoms with Gasteiger partial charge >= 0.3 is 5.97 Å². The number of hydrogen-bond acceptors (Lipinski definition) is 14. The van der Waals surface area contributed by atoms with Crippen molar-refractivity contribution in [2.45, 2.75) is 37.8 Å². The van der Waals surface area contributed by atoms with Gasteiger partial charge < -0.3 is 66.7 Å². The third-order valence-electron chi connectivity index (χ3n) is 7.87. The van der Waals surface area contributed by atoms with E-state index in [-0.39, 0.29) is 71.1 Å². The van der Waals surface area contributed by atoms with E-state index in [1.54, 1.807) is 18.3 Å². The highest BCUT2D eigenvalue weighted by Crippen LogP contribution is 2.19. The van der Waals surface area contributed by atoms with Crippen LogP contribution >= 0.6 is 0 Å². The molecule has 0 fully saturated rings. The van der Waals surface area contributed by atoms with Gasteiger partial charge in [0.25, 0.3) is 0 Å². The van der Waals surface area contributed by atoms with Crippen LogP contribution in [-0.4, -0.2) is 155 Å². The van der Waals surface area contributed by atoms with E-state index in [1.807, 2.05) is 17.6 Å². The summed E-state index contributed by atoms with van der Waals surface area (Å²) in [6, 6.07) is 4.45. The zero-order valence-electron chi connectivity index (χ0n) is 32.1. The number of hydrazine groups is 1. The Morgan fingerprint density at radius 1 is 0.638 bits per heavy atom. The van der Waals surface area contributed by atoms with Crippen molar-refractivity contribution in [2.24, 2.45) is 11.6 Å². The number of carbonyl (C=O) groups excluding carboxylic acids is 7. The third-order valence-corrected chi connectivity index (χ3v) is 7.87. The largest absolute Gasteiger partial charge is 0.480 e. The number of nitrogens with one attached hydrogen (secondary N) is 8. The highest BCUT2D eigenvalue weighted by molar-refractivity contribution is 5.94. The number of rotatable bonds is 31. The van der Waals surface area contributed by atoms with Crippen LogP contribution in [0.5, 0.6) is 0 Å². The van der Waals surface area contributed by atoms with Gasteiger partial charge in [-0.3, -0.25) is 39.0 Å². The Hall–Kier alpha value is -5.72. The fourth-order valence-corrected chi connectivity index (χ4v) is 4.86. The van der Waals surface area contributed by atoms with E-state index in [1.165, 1.54) is 0 Å². The molecule has 322 valence electrons. The molecule has 0 aliphatic carbocycles. The van der Waals surface area contributed by atoms with Gasteiger partial charge in [-0.2, -0.15) is 0 Å². The van der Waals surface area contributed by atoms with E-state index in [0.717, 1.165) is 10.9 Å². The van der Waals surface area contributed by atoms with Crippen molar-refractivity contribution in [3.8, 4) is 0 Å². The second-order valence-corrected chi connectivity index (χ2v) is 12.3. The summed E-state index contributed by atoms with van der Waals surface area (Å²) < 4.78 is 21.4. The van der Waals surface area contributed by atoms with Gasteiger partial charge in [0.05, 0.1) is 85.5 Å². The molecule has 0 aliphatic rings. The van der Waals surface area contributed by atoms with Crippen LogP contribution in [-0.2, 0) is 63.7 Å². The number of carbonyl (C=O) groups is 8. The number of aromatic nitrogens is 1. The SMILES string of the molecule is NCC(=O)NCC(=O)NCC(=O)NCC(=O)N[C@@H](Cc1c[nH]c2ccccc12)C(=O)NC(CCC(=O)NCCOCCOCCOCCOCCC(=O)NN)C(=O)O. The predicted molar refractivity (Wildman–Crippen MR) is 204 cm³/mol. The number of aliphatic carboxylic acids is 1. The van der Waals surface area contributed by atoms with Gasteiger partial charge in [0, 0.05) is 36.5 Å². The molecular formula is C35H54N10O13. The molecule has 1 unspecified atom stereocenters. The first-order valence-electron chi connectivity index (χ1n) is 18.4. The Balaban J connectivity index is 1.76. The molecule has 1 aromatic heterocycles. The highest BCUT2D eigenvalue weighted by atomic mass is 16.6. The summed E-state index contributed by atoms with van der Waals surface area (Å²) in [5.74, 6) is -0.797. The summed E-state index contributed by atoms with van der Waals surface area (Å²) >= 11 is 0. The van der Waals surface area contributed by atoms with E-state index < -0.39 is 73.1 Å². The highest BCUT2D eigenvalue weighted by Gasteiger charge is 2.28. The molecule has 13 N–H and O–H groups in total.